The standard InChI is InChI=1S/4C7H10O3.C5H12O4/c4*8-7(9)4-1-2-5-6(3-4)10-5;6-1-5(2-7,3-8)4-9/h4*4-6H,1-3H2,(H,8,9);6-9H,1-4H2. The number of aliphatic carboxylic acids is 4. The predicted molar refractivity (Wildman–Crippen MR) is 165 cm³/mol. The Morgan fingerprint density at radius 1 is 0.388 bits per heavy atom. The highest BCUT2D eigenvalue weighted by Gasteiger charge is 2.48. The molecule has 4 saturated carbocycles. The van der Waals surface area contributed by atoms with Gasteiger partial charge in [-0.05, 0) is 77.0 Å². The van der Waals surface area contributed by atoms with Crippen molar-refractivity contribution in [1.82, 2.24) is 0 Å². The molecule has 0 aromatic heterocycles. The van der Waals surface area contributed by atoms with Gasteiger partial charge in [-0.15, -0.1) is 0 Å². The van der Waals surface area contributed by atoms with E-state index in [0.29, 0.717) is 24.4 Å². The first-order chi connectivity index (χ1) is 23.3. The maximum atomic E-state index is 10.5. The van der Waals surface area contributed by atoms with E-state index in [1.807, 2.05) is 0 Å². The van der Waals surface area contributed by atoms with Gasteiger partial charge >= 0.3 is 23.9 Å². The van der Waals surface area contributed by atoms with Crippen molar-refractivity contribution in [2.24, 2.45) is 29.1 Å². The van der Waals surface area contributed by atoms with Crippen LogP contribution in [0.4, 0.5) is 0 Å². The molecule has 8 rings (SSSR count). The monoisotopic (exact) mass is 704 g/mol. The van der Waals surface area contributed by atoms with Gasteiger partial charge in [0.15, 0.2) is 0 Å². The van der Waals surface area contributed by atoms with Gasteiger partial charge in [-0.2, -0.15) is 0 Å². The highest BCUT2D eigenvalue weighted by Crippen LogP contribution is 2.41. The number of hydrogen-bond acceptors (Lipinski definition) is 12. The summed E-state index contributed by atoms with van der Waals surface area (Å²) in [6.45, 7) is -1.62. The normalized spacial score (nSPS) is 38.3. The Balaban J connectivity index is 0.000000138. The van der Waals surface area contributed by atoms with Crippen molar-refractivity contribution >= 4 is 23.9 Å². The lowest BCUT2D eigenvalue weighted by Gasteiger charge is -2.23. The molecule has 0 spiro atoms. The summed E-state index contributed by atoms with van der Waals surface area (Å²) in [5.41, 5.74) is -1.11. The second kappa shape index (κ2) is 17.7. The summed E-state index contributed by atoms with van der Waals surface area (Å²) in [5, 5.41) is 68.5. The van der Waals surface area contributed by atoms with Crippen LogP contribution in [0, 0.1) is 29.1 Å². The molecule has 12 unspecified atom stereocenters. The molecule has 0 aromatic rings. The number of aliphatic hydroxyl groups excluding tert-OH is 4. The lowest BCUT2D eigenvalue weighted by Crippen LogP contribution is -2.37. The Morgan fingerprint density at radius 2 is 0.592 bits per heavy atom. The molecule has 0 radical (unpaired) electrons. The molecule has 4 heterocycles. The molecule has 0 amide bonds. The van der Waals surface area contributed by atoms with Crippen LogP contribution in [0.25, 0.3) is 0 Å². The third kappa shape index (κ3) is 11.8. The van der Waals surface area contributed by atoms with Gasteiger partial charge in [-0.3, -0.25) is 19.2 Å². The molecule has 8 N–H and O–H groups in total. The largest absolute Gasteiger partial charge is 0.481 e. The minimum Gasteiger partial charge on any atom is -0.481 e. The zero-order valence-corrected chi connectivity index (χ0v) is 27.6. The van der Waals surface area contributed by atoms with Crippen molar-refractivity contribution < 1.29 is 79.0 Å². The van der Waals surface area contributed by atoms with E-state index in [1.165, 1.54) is 0 Å². The van der Waals surface area contributed by atoms with Crippen LogP contribution in [0.1, 0.15) is 77.0 Å². The number of carbonyl (C=O) groups is 4. The van der Waals surface area contributed by atoms with Crippen LogP contribution in [0.5, 0.6) is 0 Å². The first-order valence-electron chi connectivity index (χ1n) is 17.3. The van der Waals surface area contributed by atoms with E-state index in [1.54, 1.807) is 0 Å². The third-order valence-corrected chi connectivity index (χ3v) is 10.8. The first-order valence-corrected chi connectivity index (χ1v) is 17.3. The second-order valence-electron chi connectivity index (χ2n) is 14.4. The van der Waals surface area contributed by atoms with Gasteiger partial charge in [0.1, 0.15) is 0 Å². The third-order valence-electron chi connectivity index (χ3n) is 10.8. The predicted octanol–water partition coefficient (Wildman–Crippen LogP) is 0.496. The molecule has 280 valence electrons. The number of aliphatic hydroxyl groups is 4. The van der Waals surface area contributed by atoms with Crippen molar-refractivity contribution in [2.45, 2.75) is 126 Å². The van der Waals surface area contributed by atoms with Crippen LogP contribution >= 0.6 is 0 Å². The summed E-state index contributed by atoms with van der Waals surface area (Å²) in [4.78, 5) is 41.9. The Labute approximate surface area is 284 Å². The van der Waals surface area contributed by atoms with E-state index in [-0.39, 0.29) is 48.1 Å². The molecule has 12 atom stereocenters. The molecule has 4 saturated heterocycles. The Hall–Kier alpha value is -2.44. The molecular weight excluding hydrogens is 652 g/mol. The summed E-state index contributed by atoms with van der Waals surface area (Å²) in [5.74, 6) is -3.18. The van der Waals surface area contributed by atoms with Gasteiger partial charge in [-0.1, -0.05) is 0 Å². The molecule has 16 heteroatoms. The van der Waals surface area contributed by atoms with Crippen LogP contribution in [0.3, 0.4) is 0 Å². The molecule has 4 aliphatic carbocycles. The maximum absolute atomic E-state index is 10.5. The zero-order chi connectivity index (χ0) is 35.9. The van der Waals surface area contributed by atoms with Crippen LogP contribution in [0.15, 0.2) is 0 Å². The Morgan fingerprint density at radius 3 is 0.714 bits per heavy atom. The number of rotatable bonds is 8. The second-order valence-corrected chi connectivity index (χ2v) is 14.4. The number of hydrogen-bond donors (Lipinski definition) is 8. The quantitative estimate of drug-likeness (QED) is 0.160. The van der Waals surface area contributed by atoms with E-state index in [2.05, 4.69) is 0 Å². The van der Waals surface area contributed by atoms with Gasteiger partial charge in [0.25, 0.3) is 0 Å². The molecule has 4 aliphatic heterocycles. The van der Waals surface area contributed by atoms with Gasteiger partial charge in [0.2, 0.25) is 0 Å². The van der Waals surface area contributed by atoms with E-state index in [0.717, 1.165) is 77.0 Å². The van der Waals surface area contributed by atoms with Crippen molar-refractivity contribution in [3.8, 4) is 0 Å². The fourth-order valence-electron chi connectivity index (χ4n) is 6.81. The fourth-order valence-corrected chi connectivity index (χ4v) is 6.81. The summed E-state index contributed by atoms with van der Waals surface area (Å²) in [6.07, 6.45) is 12.7. The average molecular weight is 705 g/mol. The number of carboxylic acid groups (broad SMARTS) is 4. The number of carboxylic acids is 4. The van der Waals surface area contributed by atoms with Gasteiger partial charge in [0, 0.05) is 0 Å². The van der Waals surface area contributed by atoms with Crippen LogP contribution in [-0.4, -0.2) is 140 Å². The highest BCUT2D eigenvalue weighted by molar-refractivity contribution is 5.71. The fraction of sp³-hybridized carbons (Fsp3) is 0.879. The van der Waals surface area contributed by atoms with E-state index in [9.17, 15) is 19.2 Å². The molecule has 16 nitrogen and oxygen atoms in total. The smallest absolute Gasteiger partial charge is 0.306 e. The van der Waals surface area contributed by atoms with E-state index >= 15 is 0 Å². The Bertz CT molecular complexity index is 958. The Kier molecular flexibility index (Phi) is 14.2. The molecule has 0 bridgehead atoms. The van der Waals surface area contributed by atoms with Crippen LogP contribution < -0.4 is 0 Å². The molecule has 49 heavy (non-hydrogen) atoms. The van der Waals surface area contributed by atoms with Crippen LogP contribution in [-0.2, 0) is 38.1 Å². The topological polar surface area (TPSA) is 280 Å². The number of ether oxygens (including phenoxy) is 4. The van der Waals surface area contributed by atoms with Gasteiger partial charge in [-0.25, -0.2) is 0 Å². The highest BCUT2D eigenvalue weighted by atomic mass is 16.6. The van der Waals surface area contributed by atoms with E-state index in [4.69, 9.17) is 59.8 Å². The molecule has 8 aliphatic rings. The van der Waals surface area contributed by atoms with Crippen LogP contribution in [0.2, 0.25) is 0 Å². The van der Waals surface area contributed by atoms with Gasteiger partial charge < -0.3 is 59.8 Å². The molecule has 8 fully saturated rings. The minimum absolute atomic E-state index is 0.135. The number of epoxide rings is 4. The molecular formula is C33H52O16. The summed E-state index contributed by atoms with van der Waals surface area (Å²) in [7, 11) is 0. The average Bonchev–Trinajstić information content (AvgIpc) is 3.91. The van der Waals surface area contributed by atoms with Gasteiger partial charge in [0.05, 0.1) is 104 Å². The molecule has 0 aromatic carbocycles. The lowest BCUT2D eigenvalue weighted by atomic mass is 9.90. The zero-order valence-electron chi connectivity index (χ0n) is 27.6. The maximum Gasteiger partial charge on any atom is 0.306 e. The van der Waals surface area contributed by atoms with Crippen molar-refractivity contribution in [1.29, 1.82) is 0 Å². The van der Waals surface area contributed by atoms with Crippen molar-refractivity contribution in [3.05, 3.63) is 0 Å². The van der Waals surface area contributed by atoms with Crippen molar-refractivity contribution in [3.63, 3.8) is 0 Å². The van der Waals surface area contributed by atoms with E-state index < -0.39 is 55.7 Å². The lowest BCUT2D eigenvalue weighted by molar-refractivity contribution is -0.143. The summed E-state index contributed by atoms with van der Waals surface area (Å²) in [6, 6.07) is 0. The summed E-state index contributed by atoms with van der Waals surface area (Å²) >= 11 is 0. The summed E-state index contributed by atoms with van der Waals surface area (Å²) < 4.78 is 20.8. The van der Waals surface area contributed by atoms with Crippen molar-refractivity contribution in [2.75, 3.05) is 26.4 Å². The number of fused-ring (bicyclic) bond motifs is 4. The first kappa shape index (κ1) is 39.3. The minimum atomic E-state index is -1.11. The SMILES string of the molecule is O=C(O)C1CCC2OC2C1.O=C(O)C1CCC2OC2C1.O=C(O)C1CCC2OC2C1.O=C(O)C1CCC2OC2C1.OCC(CO)(CO)CO.